The molecule has 1 unspecified atom stereocenters. The summed E-state index contributed by atoms with van der Waals surface area (Å²) in [4.78, 5) is 48.3. The molecule has 178 valence electrons. The molecule has 1 atom stereocenters. The maximum atomic E-state index is 13.6. The number of esters is 1. The van der Waals surface area contributed by atoms with Gasteiger partial charge in [0.15, 0.2) is 23.6 Å². The molecule has 0 saturated heterocycles. The standard InChI is InChI=1S/C21H18F3N5O5/c1-11(20(32)25-10-16(30)26-15-7-6-13(22)18(23)19(15)24)34-17(31)8-9-29-21(33)12-4-2-3-5-14(12)27-28-29/h2-7,11H,8-10H2,1H3,(H,25,32)(H,26,30). The third-order valence-corrected chi connectivity index (χ3v) is 4.57. The van der Waals surface area contributed by atoms with Crippen molar-refractivity contribution in [3.63, 3.8) is 0 Å². The van der Waals surface area contributed by atoms with Crippen molar-refractivity contribution in [1.82, 2.24) is 20.3 Å². The van der Waals surface area contributed by atoms with Gasteiger partial charge in [-0.15, -0.1) is 5.10 Å². The Morgan fingerprint density at radius 3 is 2.59 bits per heavy atom. The minimum absolute atomic E-state index is 0.133. The molecule has 1 heterocycles. The number of hydrogen-bond donors (Lipinski definition) is 2. The van der Waals surface area contributed by atoms with Crippen LogP contribution in [0.2, 0.25) is 0 Å². The number of hydrogen-bond acceptors (Lipinski definition) is 7. The first-order valence-corrected chi connectivity index (χ1v) is 9.90. The molecule has 1 aromatic heterocycles. The van der Waals surface area contributed by atoms with Crippen LogP contribution in [0.5, 0.6) is 0 Å². The molecule has 2 aromatic carbocycles. The average molecular weight is 477 g/mol. The van der Waals surface area contributed by atoms with Gasteiger partial charge in [-0.25, -0.2) is 17.9 Å². The molecule has 3 aromatic rings. The van der Waals surface area contributed by atoms with E-state index in [-0.39, 0.29) is 13.0 Å². The predicted molar refractivity (Wildman–Crippen MR) is 112 cm³/mol. The molecule has 0 aliphatic rings. The number of halogens is 3. The van der Waals surface area contributed by atoms with Gasteiger partial charge < -0.3 is 15.4 Å². The van der Waals surface area contributed by atoms with Gasteiger partial charge in [0.2, 0.25) is 5.91 Å². The van der Waals surface area contributed by atoms with Gasteiger partial charge in [0.05, 0.1) is 30.6 Å². The molecule has 2 N–H and O–H groups in total. The van der Waals surface area contributed by atoms with Crippen molar-refractivity contribution in [2.75, 3.05) is 11.9 Å². The third-order valence-electron chi connectivity index (χ3n) is 4.57. The van der Waals surface area contributed by atoms with Crippen molar-refractivity contribution < 1.29 is 32.3 Å². The summed E-state index contributed by atoms with van der Waals surface area (Å²) in [6, 6.07) is 8.02. The van der Waals surface area contributed by atoms with Crippen LogP contribution < -0.4 is 16.2 Å². The summed E-state index contributed by atoms with van der Waals surface area (Å²) >= 11 is 0. The van der Waals surface area contributed by atoms with Crippen molar-refractivity contribution in [2.45, 2.75) is 26.0 Å². The topological polar surface area (TPSA) is 132 Å². The SMILES string of the molecule is CC(OC(=O)CCn1nnc2ccccc2c1=O)C(=O)NCC(=O)Nc1ccc(F)c(F)c1F. The number of carbonyl (C=O) groups is 3. The monoisotopic (exact) mass is 477 g/mol. The summed E-state index contributed by atoms with van der Waals surface area (Å²) in [5.74, 6) is -7.32. The Bertz CT molecular complexity index is 1310. The van der Waals surface area contributed by atoms with Gasteiger partial charge in [-0.1, -0.05) is 17.3 Å². The Morgan fingerprint density at radius 2 is 1.82 bits per heavy atom. The third kappa shape index (κ3) is 5.74. The molecular formula is C21H18F3N5O5. The molecule has 10 nitrogen and oxygen atoms in total. The predicted octanol–water partition coefficient (Wildman–Crippen LogP) is 1.29. The fraction of sp³-hybridized carbons (Fsp3) is 0.238. The van der Waals surface area contributed by atoms with Crippen LogP contribution in [-0.4, -0.2) is 45.4 Å². The van der Waals surface area contributed by atoms with E-state index in [0.29, 0.717) is 17.0 Å². The number of nitrogens with one attached hydrogen (secondary N) is 2. The Hall–Kier alpha value is -4.29. The van der Waals surface area contributed by atoms with Gasteiger partial charge in [0.25, 0.3) is 11.5 Å². The van der Waals surface area contributed by atoms with Crippen LogP contribution in [0.3, 0.4) is 0 Å². The number of aryl methyl sites for hydroxylation is 1. The molecule has 34 heavy (non-hydrogen) atoms. The lowest BCUT2D eigenvalue weighted by Crippen LogP contribution is -2.40. The van der Waals surface area contributed by atoms with Gasteiger partial charge in [-0.3, -0.25) is 19.2 Å². The lowest BCUT2D eigenvalue weighted by Gasteiger charge is -2.14. The highest BCUT2D eigenvalue weighted by Gasteiger charge is 2.20. The number of fused-ring (bicyclic) bond motifs is 1. The maximum absolute atomic E-state index is 13.6. The van der Waals surface area contributed by atoms with Gasteiger partial charge >= 0.3 is 5.97 Å². The van der Waals surface area contributed by atoms with Crippen molar-refractivity contribution in [3.05, 3.63) is 64.2 Å². The molecule has 0 bridgehead atoms. The number of rotatable bonds is 8. The summed E-state index contributed by atoms with van der Waals surface area (Å²) in [7, 11) is 0. The fourth-order valence-electron chi connectivity index (χ4n) is 2.80. The van der Waals surface area contributed by atoms with E-state index in [2.05, 4.69) is 15.6 Å². The van der Waals surface area contributed by atoms with Crippen molar-refractivity contribution >= 4 is 34.4 Å². The zero-order valence-corrected chi connectivity index (χ0v) is 17.7. The van der Waals surface area contributed by atoms with E-state index in [1.54, 1.807) is 24.3 Å². The van der Waals surface area contributed by atoms with Gasteiger partial charge in [-0.05, 0) is 31.2 Å². The van der Waals surface area contributed by atoms with Gasteiger partial charge in [0.1, 0.15) is 5.52 Å². The number of nitrogens with zero attached hydrogens (tertiary/aromatic N) is 3. The van der Waals surface area contributed by atoms with Crippen molar-refractivity contribution in [3.8, 4) is 0 Å². The Kier molecular flexibility index (Phi) is 7.56. The Labute approximate surface area is 189 Å². The first-order chi connectivity index (χ1) is 16.2. The van der Waals surface area contributed by atoms with Crippen molar-refractivity contribution in [2.24, 2.45) is 0 Å². The average Bonchev–Trinajstić information content (AvgIpc) is 2.82. The minimum Gasteiger partial charge on any atom is -0.452 e. The van der Waals surface area contributed by atoms with Gasteiger partial charge in [-0.2, -0.15) is 0 Å². The number of ether oxygens (including phenoxy) is 1. The second-order valence-electron chi connectivity index (χ2n) is 7.01. The van der Waals surface area contributed by atoms with Crippen molar-refractivity contribution in [1.29, 1.82) is 0 Å². The zero-order chi connectivity index (χ0) is 24.8. The van der Waals surface area contributed by atoms with E-state index in [1.807, 2.05) is 5.32 Å². The largest absolute Gasteiger partial charge is 0.452 e. The molecule has 3 rings (SSSR count). The normalized spacial score (nSPS) is 11.6. The van der Waals surface area contributed by atoms with Crippen LogP contribution in [-0.2, 0) is 25.7 Å². The minimum atomic E-state index is -1.75. The summed E-state index contributed by atoms with van der Waals surface area (Å²) in [5.41, 5.74) is -0.634. The molecule has 0 aliphatic heterocycles. The molecule has 13 heteroatoms. The van der Waals surface area contributed by atoms with E-state index in [1.165, 1.54) is 6.92 Å². The smallest absolute Gasteiger partial charge is 0.308 e. The first kappa shape index (κ1) is 24.4. The molecular weight excluding hydrogens is 459 g/mol. The zero-order valence-electron chi connectivity index (χ0n) is 17.7. The molecule has 2 amide bonds. The number of aromatic nitrogens is 3. The lowest BCUT2D eigenvalue weighted by atomic mass is 10.2. The van der Waals surface area contributed by atoms with Crippen LogP contribution >= 0.6 is 0 Å². The van der Waals surface area contributed by atoms with E-state index in [4.69, 9.17) is 4.74 Å². The number of anilines is 1. The van der Waals surface area contributed by atoms with E-state index in [9.17, 15) is 32.3 Å². The summed E-state index contributed by atoms with van der Waals surface area (Å²) in [6.45, 7) is 0.468. The van der Waals surface area contributed by atoms with Gasteiger partial charge in [0, 0.05) is 0 Å². The van der Waals surface area contributed by atoms with E-state index in [0.717, 1.165) is 10.7 Å². The number of carbonyl (C=O) groups excluding carboxylic acids is 3. The summed E-state index contributed by atoms with van der Waals surface area (Å²) < 4.78 is 45.7. The summed E-state index contributed by atoms with van der Waals surface area (Å²) in [5, 5.41) is 12.1. The second-order valence-corrected chi connectivity index (χ2v) is 7.01. The molecule has 0 radical (unpaired) electrons. The van der Waals surface area contributed by atoms with E-state index < -0.39 is 59.1 Å². The highest BCUT2D eigenvalue weighted by Crippen LogP contribution is 2.19. The Balaban J connectivity index is 1.46. The van der Waals surface area contributed by atoms with Crippen LogP contribution in [0.15, 0.2) is 41.2 Å². The fourth-order valence-corrected chi connectivity index (χ4v) is 2.80. The molecule has 0 saturated carbocycles. The summed E-state index contributed by atoms with van der Waals surface area (Å²) in [6.07, 6.45) is -1.57. The maximum Gasteiger partial charge on any atom is 0.308 e. The van der Waals surface area contributed by atoms with Crippen LogP contribution in [0, 0.1) is 17.5 Å². The quantitative estimate of drug-likeness (QED) is 0.369. The number of benzene rings is 2. The molecule has 0 spiro atoms. The van der Waals surface area contributed by atoms with Crippen LogP contribution in [0.4, 0.5) is 18.9 Å². The lowest BCUT2D eigenvalue weighted by molar-refractivity contribution is -0.155. The van der Waals surface area contributed by atoms with E-state index >= 15 is 0 Å². The first-order valence-electron chi connectivity index (χ1n) is 9.90. The molecule has 0 aliphatic carbocycles. The van der Waals surface area contributed by atoms with Crippen LogP contribution in [0.1, 0.15) is 13.3 Å². The molecule has 0 fully saturated rings. The number of amides is 2. The Morgan fingerprint density at radius 1 is 1.09 bits per heavy atom. The highest BCUT2D eigenvalue weighted by molar-refractivity contribution is 5.95. The second kappa shape index (κ2) is 10.6. The highest BCUT2D eigenvalue weighted by atomic mass is 19.2. The van der Waals surface area contributed by atoms with Crippen LogP contribution in [0.25, 0.3) is 10.9 Å².